The molecule has 3 aromatic carbocycles. The molecule has 3 aromatic rings. The lowest BCUT2D eigenvalue weighted by atomic mass is 9.86. The van der Waals surface area contributed by atoms with Gasteiger partial charge in [0.15, 0.2) is 0 Å². The average Bonchev–Trinajstić information content (AvgIpc) is 2.78. The molecular weight excluding hydrogens is 395 g/mol. The van der Waals surface area contributed by atoms with Crippen molar-refractivity contribution in [1.29, 1.82) is 0 Å². The third-order valence-corrected chi connectivity index (χ3v) is 6.58. The molecule has 0 unspecified atom stereocenters. The van der Waals surface area contributed by atoms with Crippen LogP contribution in [0.25, 0.3) is 22.3 Å². The van der Waals surface area contributed by atoms with E-state index in [1.165, 1.54) is 16.9 Å². The molecule has 32 heavy (non-hydrogen) atoms. The number of hydrogen-bond donors (Lipinski definition) is 0. The molecule has 0 bridgehead atoms. The first kappa shape index (κ1) is 23.8. The van der Waals surface area contributed by atoms with Crippen molar-refractivity contribution >= 4 is 11.4 Å². The van der Waals surface area contributed by atoms with Crippen molar-refractivity contribution in [2.45, 2.75) is 48.5 Å². The zero-order valence-corrected chi connectivity index (χ0v) is 20.7. The molecule has 0 radical (unpaired) electrons. The van der Waals surface area contributed by atoms with Crippen LogP contribution in [-0.4, -0.2) is 26.2 Å². The number of benzene rings is 3. The zero-order valence-electron chi connectivity index (χ0n) is 20.7. The van der Waals surface area contributed by atoms with Crippen LogP contribution in [0, 0.1) is 26.6 Å². The fourth-order valence-corrected chi connectivity index (χ4v) is 4.72. The number of hydrogen-bond acceptors (Lipinski definition) is 2. The van der Waals surface area contributed by atoms with Crippen molar-refractivity contribution in [3.8, 4) is 22.3 Å². The highest BCUT2D eigenvalue weighted by atomic mass is 19.1. The van der Waals surface area contributed by atoms with E-state index in [9.17, 15) is 0 Å². The van der Waals surface area contributed by atoms with E-state index in [1.807, 2.05) is 6.07 Å². The summed E-state index contributed by atoms with van der Waals surface area (Å²) in [6.07, 6.45) is 0. The van der Waals surface area contributed by atoms with Crippen molar-refractivity contribution < 1.29 is 4.39 Å². The lowest BCUT2D eigenvalue weighted by Gasteiger charge is -2.24. The summed E-state index contributed by atoms with van der Waals surface area (Å²) in [5.74, 6) is -0.170. The van der Waals surface area contributed by atoms with Crippen LogP contribution in [0.4, 0.5) is 15.8 Å². The van der Waals surface area contributed by atoms with Crippen LogP contribution in [0.1, 0.15) is 44.4 Å². The lowest BCUT2D eigenvalue weighted by molar-refractivity contribution is 0.631. The molecule has 0 atom stereocenters. The van der Waals surface area contributed by atoms with Gasteiger partial charge >= 0.3 is 0 Å². The van der Waals surface area contributed by atoms with Gasteiger partial charge in [-0.25, -0.2) is 4.39 Å². The van der Waals surface area contributed by atoms with Gasteiger partial charge in [-0.1, -0.05) is 18.2 Å². The van der Waals surface area contributed by atoms with Gasteiger partial charge in [0.05, 0.1) is 0 Å². The van der Waals surface area contributed by atoms with Gasteiger partial charge in [0, 0.05) is 43.1 Å². The van der Waals surface area contributed by atoms with E-state index >= 15 is 4.39 Å². The van der Waals surface area contributed by atoms with Crippen LogP contribution < -0.4 is 9.80 Å². The molecule has 3 heteroatoms. The Labute approximate surface area is 193 Å². The summed E-state index contributed by atoms with van der Waals surface area (Å²) in [6, 6.07) is 16.4. The van der Waals surface area contributed by atoms with E-state index in [0.717, 1.165) is 54.0 Å². The number of nitrogens with zero attached hydrogens (tertiary/aromatic N) is 2. The highest BCUT2D eigenvalue weighted by molar-refractivity contribution is 5.89. The molecule has 3 rings (SSSR count). The lowest BCUT2D eigenvalue weighted by Crippen LogP contribution is -2.21. The molecule has 0 amide bonds. The summed E-state index contributed by atoms with van der Waals surface area (Å²) in [4.78, 5) is 4.66. The van der Waals surface area contributed by atoms with Crippen LogP contribution in [0.15, 0.2) is 48.5 Å². The second-order valence-electron chi connectivity index (χ2n) is 8.46. The maximum Gasteiger partial charge on any atom is 0.131 e. The molecule has 2 nitrogen and oxygen atoms in total. The van der Waals surface area contributed by atoms with Crippen LogP contribution in [0.5, 0.6) is 0 Å². The molecule has 0 N–H and O–H groups in total. The Hall–Kier alpha value is -2.81. The topological polar surface area (TPSA) is 6.48 Å². The number of halogens is 1. The highest BCUT2D eigenvalue weighted by Gasteiger charge is 2.19. The van der Waals surface area contributed by atoms with Gasteiger partial charge in [0.25, 0.3) is 0 Å². The quantitative estimate of drug-likeness (QED) is 0.358. The number of aryl methyl sites for hydroxylation is 3. The standard InChI is InChI=1S/C29H37FN2/c1-8-31(9-2)23-13-15-25(21(6)18-23)28-20(5)12-17-27(30)29(28)26-16-14-24(19-22(26)7)32(10-3)11-4/h12-19H,8-11H2,1-7H3. The molecule has 0 aliphatic heterocycles. The summed E-state index contributed by atoms with van der Waals surface area (Å²) < 4.78 is 15.4. The molecule has 0 heterocycles. The molecular formula is C29H37FN2. The highest BCUT2D eigenvalue weighted by Crippen LogP contribution is 2.41. The van der Waals surface area contributed by atoms with Gasteiger partial charge in [-0.3, -0.25) is 0 Å². The molecule has 0 aromatic heterocycles. The van der Waals surface area contributed by atoms with E-state index in [-0.39, 0.29) is 5.82 Å². The predicted octanol–water partition coefficient (Wildman–Crippen LogP) is 7.78. The van der Waals surface area contributed by atoms with E-state index < -0.39 is 0 Å². The number of anilines is 2. The third-order valence-electron chi connectivity index (χ3n) is 6.58. The fourth-order valence-electron chi connectivity index (χ4n) is 4.72. The molecule has 170 valence electrons. The Balaban J connectivity index is 2.19. The van der Waals surface area contributed by atoms with E-state index in [2.05, 4.69) is 94.7 Å². The molecule has 0 saturated carbocycles. The Morgan fingerprint density at radius 3 is 1.41 bits per heavy atom. The van der Waals surface area contributed by atoms with Gasteiger partial charge in [-0.15, -0.1) is 0 Å². The van der Waals surface area contributed by atoms with Crippen LogP contribution in [0.3, 0.4) is 0 Å². The summed E-state index contributed by atoms with van der Waals surface area (Å²) >= 11 is 0. The first-order valence-electron chi connectivity index (χ1n) is 11.9. The number of rotatable bonds is 8. The zero-order chi connectivity index (χ0) is 23.4. The van der Waals surface area contributed by atoms with Crippen LogP contribution in [0.2, 0.25) is 0 Å². The van der Waals surface area contributed by atoms with Crippen molar-refractivity contribution in [2.75, 3.05) is 36.0 Å². The Morgan fingerprint density at radius 1 is 0.562 bits per heavy atom. The largest absolute Gasteiger partial charge is 0.372 e. The van der Waals surface area contributed by atoms with Crippen molar-refractivity contribution in [2.24, 2.45) is 0 Å². The van der Waals surface area contributed by atoms with Crippen LogP contribution in [-0.2, 0) is 0 Å². The molecule has 0 spiro atoms. The van der Waals surface area contributed by atoms with Crippen molar-refractivity contribution in [1.82, 2.24) is 0 Å². The van der Waals surface area contributed by atoms with Gasteiger partial charge in [-0.2, -0.15) is 0 Å². The van der Waals surface area contributed by atoms with Gasteiger partial charge in [0.2, 0.25) is 0 Å². The summed E-state index contributed by atoms with van der Waals surface area (Å²) in [6.45, 7) is 18.8. The normalized spacial score (nSPS) is 11.0. The smallest absolute Gasteiger partial charge is 0.131 e. The molecule has 0 saturated heterocycles. The SMILES string of the molecule is CCN(CC)c1ccc(-c2c(C)ccc(F)c2-c2ccc(N(CC)CC)cc2C)c(C)c1. The van der Waals surface area contributed by atoms with E-state index in [0.29, 0.717) is 5.56 Å². The Morgan fingerprint density at radius 2 is 1.00 bits per heavy atom. The Kier molecular flexibility index (Phi) is 7.60. The third kappa shape index (κ3) is 4.53. The Bertz CT molecular complexity index is 992. The average molecular weight is 433 g/mol. The fraction of sp³-hybridized carbons (Fsp3) is 0.379. The van der Waals surface area contributed by atoms with Crippen molar-refractivity contribution in [3.63, 3.8) is 0 Å². The summed E-state index contributed by atoms with van der Waals surface area (Å²) in [5, 5.41) is 0. The second kappa shape index (κ2) is 10.2. The minimum absolute atomic E-state index is 0.170. The molecule has 0 aliphatic carbocycles. The van der Waals surface area contributed by atoms with Crippen molar-refractivity contribution in [3.05, 3.63) is 71.0 Å². The van der Waals surface area contributed by atoms with Gasteiger partial charge in [-0.05, 0) is 112 Å². The summed E-state index contributed by atoms with van der Waals surface area (Å²) in [7, 11) is 0. The minimum atomic E-state index is -0.170. The van der Waals surface area contributed by atoms with Gasteiger partial charge < -0.3 is 9.80 Å². The summed E-state index contributed by atoms with van der Waals surface area (Å²) in [5.41, 5.74) is 9.51. The predicted molar refractivity (Wildman–Crippen MR) is 139 cm³/mol. The maximum absolute atomic E-state index is 15.4. The van der Waals surface area contributed by atoms with Crippen LogP contribution >= 0.6 is 0 Å². The van der Waals surface area contributed by atoms with E-state index in [4.69, 9.17) is 0 Å². The minimum Gasteiger partial charge on any atom is -0.372 e. The van der Waals surface area contributed by atoms with Gasteiger partial charge in [0.1, 0.15) is 5.82 Å². The van der Waals surface area contributed by atoms with E-state index in [1.54, 1.807) is 6.07 Å². The monoisotopic (exact) mass is 432 g/mol. The first-order chi connectivity index (χ1) is 15.4. The molecule has 0 fully saturated rings. The molecule has 0 aliphatic rings. The second-order valence-corrected chi connectivity index (χ2v) is 8.46. The first-order valence-corrected chi connectivity index (χ1v) is 11.9. The maximum atomic E-state index is 15.4.